The highest BCUT2D eigenvalue weighted by molar-refractivity contribution is 5.69. The number of ether oxygens (including phenoxy) is 1. The molecule has 0 rings (SSSR count). The number of carbonyl (C=O) groups is 2. The smallest absolute Gasteiger partial charge is 0.306 e. The topological polar surface area (TPSA) is 63.6 Å². The summed E-state index contributed by atoms with van der Waals surface area (Å²) in [5.74, 6) is -0.726. The molecule has 0 aliphatic carbocycles. The van der Waals surface area contributed by atoms with Crippen LogP contribution < -0.4 is 0 Å². The maximum atomic E-state index is 12.3. The van der Waals surface area contributed by atoms with Gasteiger partial charge in [-0.15, -0.1) is 0 Å². The molecular weight excluding hydrogens is 460 g/mol. The standard InChI is InChI=1S/C33H62O4/c1-3-5-7-9-10-11-12-13-14-15-16-17-18-20-23-27-31(37-33(36)30-26-8-6-4-2)28-24-21-19-22-25-29-32(34)35/h15-16,31H,3-14,17-30H2,1-2H3,(H,34,35)/b16-15-. The largest absolute Gasteiger partial charge is 0.481 e. The monoisotopic (exact) mass is 522 g/mol. The first kappa shape index (κ1) is 35.7. The molecule has 0 aromatic rings. The molecule has 4 heteroatoms. The van der Waals surface area contributed by atoms with Crippen LogP contribution in [0, 0.1) is 0 Å². The van der Waals surface area contributed by atoms with E-state index < -0.39 is 5.97 Å². The zero-order valence-corrected chi connectivity index (χ0v) is 24.8. The van der Waals surface area contributed by atoms with Crippen molar-refractivity contribution in [3.05, 3.63) is 12.2 Å². The SMILES string of the molecule is CCCCCCCCCC/C=C\CCCCCC(CCCCCCCC(=O)O)OC(=O)CCCCCC. The predicted molar refractivity (Wildman–Crippen MR) is 158 cm³/mol. The molecule has 0 saturated heterocycles. The van der Waals surface area contributed by atoms with Gasteiger partial charge in [0.25, 0.3) is 0 Å². The van der Waals surface area contributed by atoms with Crippen molar-refractivity contribution in [3.63, 3.8) is 0 Å². The lowest BCUT2D eigenvalue weighted by molar-refractivity contribution is -0.150. The van der Waals surface area contributed by atoms with Crippen LogP contribution in [0.3, 0.4) is 0 Å². The number of carboxylic acid groups (broad SMARTS) is 1. The Bertz CT molecular complexity index is 528. The molecule has 0 aliphatic heterocycles. The van der Waals surface area contributed by atoms with Crippen molar-refractivity contribution in [2.24, 2.45) is 0 Å². The van der Waals surface area contributed by atoms with Gasteiger partial charge in [-0.3, -0.25) is 9.59 Å². The zero-order valence-electron chi connectivity index (χ0n) is 24.8. The van der Waals surface area contributed by atoms with E-state index in [1.807, 2.05) is 0 Å². The Labute approximate surface area is 230 Å². The highest BCUT2D eigenvalue weighted by atomic mass is 16.5. The van der Waals surface area contributed by atoms with Crippen LogP contribution in [-0.4, -0.2) is 23.1 Å². The molecule has 0 fully saturated rings. The van der Waals surface area contributed by atoms with Crippen molar-refractivity contribution >= 4 is 11.9 Å². The Hall–Kier alpha value is -1.32. The van der Waals surface area contributed by atoms with Gasteiger partial charge in [-0.1, -0.05) is 116 Å². The fourth-order valence-electron chi connectivity index (χ4n) is 4.82. The Morgan fingerprint density at radius 2 is 0.973 bits per heavy atom. The number of allylic oxidation sites excluding steroid dienone is 2. The summed E-state index contributed by atoms with van der Waals surface area (Å²) in [5, 5.41) is 8.74. The minimum atomic E-state index is -0.704. The first-order valence-corrected chi connectivity index (χ1v) is 16.2. The van der Waals surface area contributed by atoms with Gasteiger partial charge in [0.05, 0.1) is 0 Å². The Balaban J connectivity index is 3.96. The number of rotatable bonds is 29. The molecule has 0 aromatic carbocycles. The summed E-state index contributed by atoms with van der Waals surface area (Å²) < 4.78 is 5.88. The number of hydrogen-bond acceptors (Lipinski definition) is 3. The number of aliphatic carboxylic acids is 1. The van der Waals surface area contributed by atoms with Crippen LogP contribution in [0.15, 0.2) is 12.2 Å². The summed E-state index contributed by atoms with van der Waals surface area (Å²) >= 11 is 0. The van der Waals surface area contributed by atoms with Gasteiger partial charge in [-0.2, -0.15) is 0 Å². The number of unbranched alkanes of at least 4 members (excludes halogenated alkanes) is 18. The normalized spacial score (nSPS) is 12.3. The van der Waals surface area contributed by atoms with Crippen LogP contribution in [0.4, 0.5) is 0 Å². The average molecular weight is 523 g/mol. The third-order valence-electron chi connectivity index (χ3n) is 7.24. The van der Waals surface area contributed by atoms with E-state index in [1.54, 1.807) is 0 Å². The van der Waals surface area contributed by atoms with Gasteiger partial charge < -0.3 is 9.84 Å². The van der Waals surface area contributed by atoms with Gasteiger partial charge in [0.1, 0.15) is 6.10 Å². The maximum absolute atomic E-state index is 12.3. The number of carboxylic acids is 1. The van der Waals surface area contributed by atoms with E-state index in [9.17, 15) is 9.59 Å². The summed E-state index contributed by atoms with van der Waals surface area (Å²) in [4.78, 5) is 22.9. The summed E-state index contributed by atoms with van der Waals surface area (Å²) in [6.07, 6.45) is 33.9. The minimum absolute atomic E-state index is 0.0218. The van der Waals surface area contributed by atoms with Gasteiger partial charge in [-0.05, 0) is 64.2 Å². The molecule has 218 valence electrons. The molecule has 0 radical (unpaired) electrons. The van der Waals surface area contributed by atoms with Crippen LogP contribution in [-0.2, 0) is 14.3 Å². The molecule has 0 aliphatic rings. The fourth-order valence-corrected chi connectivity index (χ4v) is 4.82. The van der Waals surface area contributed by atoms with E-state index in [-0.39, 0.29) is 18.5 Å². The number of hydrogen-bond donors (Lipinski definition) is 1. The van der Waals surface area contributed by atoms with Crippen LogP contribution in [0.2, 0.25) is 0 Å². The van der Waals surface area contributed by atoms with Crippen LogP contribution in [0.5, 0.6) is 0 Å². The maximum Gasteiger partial charge on any atom is 0.306 e. The first-order chi connectivity index (χ1) is 18.1. The summed E-state index contributed by atoms with van der Waals surface area (Å²) in [5.41, 5.74) is 0. The zero-order chi connectivity index (χ0) is 27.2. The third-order valence-corrected chi connectivity index (χ3v) is 7.24. The van der Waals surface area contributed by atoms with Crippen LogP contribution in [0.25, 0.3) is 0 Å². The molecule has 1 N–H and O–H groups in total. The summed E-state index contributed by atoms with van der Waals surface area (Å²) in [6, 6.07) is 0. The van der Waals surface area contributed by atoms with Gasteiger partial charge in [0, 0.05) is 12.8 Å². The minimum Gasteiger partial charge on any atom is -0.481 e. The lowest BCUT2D eigenvalue weighted by Crippen LogP contribution is -2.18. The van der Waals surface area contributed by atoms with Crippen molar-refractivity contribution in [3.8, 4) is 0 Å². The molecule has 4 nitrogen and oxygen atoms in total. The van der Waals surface area contributed by atoms with E-state index in [0.29, 0.717) is 6.42 Å². The first-order valence-electron chi connectivity index (χ1n) is 16.2. The van der Waals surface area contributed by atoms with Crippen molar-refractivity contribution in [2.75, 3.05) is 0 Å². The highest BCUT2D eigenvalue weighted by Crippen LogP contribution is 2.18. The highest BCUT2D eigenvalue weighted by Gasteiger charge is 2.14. The molecule has 0 saturated carbocycles. The Morgan fingerprint density at radius 1 is 0.568 bits per heavy atom. The molecule has 0 spiro atoms. The van der Waals surface area contributed by atoms with Crippen LogP contribution in [0.1, 0.15) is 181 Å². The van der Waals surface area contributed by atoms with Gasteiger partial charge in [-0.25, -0.2) is 0 Å². The van der Waals surface area contributed by atoms with Crippen molar-refractivity contribution < 1.29 is 19.4 Å². The van der Waals surface area contributed by atoms with Crippen molar-refractivity contribution in [2.45, 2.75) is 187 Å². The molecule has 0 bridgehead atoms. The van der Waals surface area contributed by atoms with Crippen molar-refractivity contribution in [1.82, 2.24) is 0 Å². The third kappa shape index (κ3) is 29.1. The second kappa shape index (κ2) is 29.2. The molecular formula is C33H62O4. The van der Waals surface area contributed by atoms with E-state index in [4.69, 9.17) is 9.84 Å². The molecule has 0 heterocycles. The molecule has 1 atom stereocenters. The quantitative estimate of drug-likeness (QED) is 0.0602. The number of carbonyl (C=O) groups excluding carboxylic acids is 1. The molecule has 0 aromatic heterocycles. The average Bonchev–Trinajstić information content (AvgIpc) is 2.88. The second-order valence-electron chi connectivity index (χ2n) is 11.0. The van der Waals surface area contributed by atoms with E-state index in [1.165, 1.54) is 83.5 Å². The Morgan fingerprint density at radius 3 is 1.51 bits per heavy atom. The summed E-state index contributed by atoms with van der Waals surface area (Å²) in [6.45, 7) is 4.46. The van der Waals surface area contributed by atoms with Gasteiger partial charge in [0.15, 0.2) is 0 Å². The fraction of sp³-hybridized carbons (Fsp3) is 0.879. The lowest BCUT2D eigenvalue weighted by atomic mass is 10.0. The van der Waals surface area contributed by atoms with E-state index in [2.05, 4.69) is 26.0 Å². The lowest BCUT2D eigenvalue weighted by Gasteiger charge is -2.18. The van der Waals surface area contributed by atoms with Gasteiger partial charge >= 0.3 is 11.9 Å². The predicted octanol–water partition coefficient (Wildman–Crippen LogP) is 10.7. The molecule has 37 heavy (non-hydrogen) atoms. The second-order valence-corrected chi connectivity index (χ2v) is 11.0. The molecule has 0 amide bonds. The van der Waals surface area contributed by atoms with E-state index >= 15 is 0 Å². The number of esters is 1. The Kier molecular flexibility index (Phi) is 28.2. The summed E-state index contributed by atoms with van der Waals surface area (Å²) in [7, 11) is 0. The van der Waals surface area contributed by atoms with Crippen molar-refractivity contribution in [1.29, 1.82) is 0 Å². The van der Waals surface area contributed by atoms with E-state index in [0.717, 1.165) is 70.6 Å². The van der Waals surface area contributed by atoms with Crippen LogP contribution >= 0.6 is 0 Å². The van der Waals surface area contributed by atoms with Gasteiger partial charge in [0.2, 0.25) is 0 Å². The molecule has 1 unspecified atom stereocenters.